The Bertz CT molecular complexity index is 404. The largest absolute Gasteiger partial charge is 0.377 e. The summed E-state index contributed by atoms with van der Waals surface area (Å²) in [5.41, 5.74) is 3.80. The predicted molar refractivity (Wildman–Crippen MR) is 79.4 cm³/mol. The van der Waals surface area contributed by atoms with E-state index < -0.39 is 0 Å². The molecule has 2 unspecified atom stereocenters. The molecule has 19 heavy (non-hydrogen) atoms. The lowest BCUT2D eigenvalue weighted by atomic mass is 9.98. The van der Waals surface area contributed by atoms with E-state index >= 15 is 0 Å². The van der Waals surface area contributed by atoms with Crippen LogP contribution in [-0.2, 0) is 11.2 Å². The maximum Gasteiger partial charge on any atom is 0.0772 e. The van der Waals surface area contributed by atoms with Crippen LogP contribution in [0.15, 0.2) is 18.2 Å². The van der Waals surface area contributed by atoms with E-state index in [4.69, 9.17) is 33.8 Å². The smallest absolute Gasteiger partial charge is 0.0772 e. The second-order valence-corrected chi connectivity index (χ2v) is 5.75. The summed E-state index contributed by atoms with van der Waals surface area (Å²) in [6, 6.07) is 5.58. The number of hydrogen-bond acceptors (Lipinski definition) is 3. The summed E-state index contributed by atoms with van der Waals surface area (Å²) in [5, 5.41) is 1.36. The Balaban J connectivity index is 2.13. The van der Waals surface area contributed by atoms with Crippen molar-refractivity contribution < 1.29 is 4.74 Å². The van der Waals surface area contributed by atoms with Crippen molar-refractivity contribution in [1.29, 1.82) is 0 Å². The molecule has 1 aliphatic rings. The van der Waals surface area contributed by atoms with Crippen LogP contribution in [0.1, 0.15) is 25.3 Å². The minimum absolute atomic E-state index is 0.0323. The van der Waals surface area contributed by atoms with E-state index in [1.54, 1.807) is 0 Å². The summed E-state index contributed by atoms with van der Waals surface area (Å²) in [4.78, 5) is 0. The molecule has 1 aliphatic carbocycles. The molecule has 0 heterocycles. The van der Waals surface area contributed by atoms with E-state index in [0.717, 1.165) is 5.56 Å². The molecule has 0 amide bonds. The normalized spacial score (nSPS) is 18.3. The van der Waals surface area contributed by atoms with Crippen molar-refractivity contribution in [2.75, 3.05) is 6.61 Å². The second kappa shape index (κ2) is 6.91. The molecule has 0 aliphatic heterocycles. The molecule has 1 aromatic carbocycles. The second-order valence-electron chi connectivity index (χ2n) is 4.93. The van der Waals surface area contributed by atoms with Gasteiger partial charge in [-0.05, 0) is 49.8 Å². The first-order valence-electron chi connectivity index (χ1n) is 6.68. The van der Waals surface area contributed by atoms with E-state index in [1.807, 2.05) is 25.1 Å². The lowest BCUT2D eigenvalue weighted by molar-refractivity contribution is 0.0192. The summed E-state index contributed by atoms with van der Waals surface area (Å²) < 4.78 is 5.84. The molecule has 3 N–H and O–H groups in total. The van der Waals surface area contributed by atoms with Crippen LogP contribution in [0.2, 0.25) is 10.0 Å². The highest BCUT2D eigenvalue weighted by molar-refractivity contribution is 6.36. The van der Waals surface area contributed by atoms with Gasteiger partial charge >= 0.3 is 0 Å². The number of benzene rings is 1. The van der Waals surface area contributed by atoms with Crippen LogP contribution in [0.25, 0.3) is 0 Å². The molecule has 5 heteroatoms. The fourth-order valence-corrected chi connectivity index (χ4v) is 2.97. The Morgan fingerprint density at radius 1 is 1.37 bits per heavy atom. The summed E-state index contributed by atoms with van der Waals surface area (Å²) in [5.74, 6) is 6.30. The third-order valence-electron chi connectivity index (χ3n) is 3.54. The van der Waals surface area contributed by atoms with Crippen molar-refractivity contribution in [3.8, 4) is 0 Å². The highest BCUT2D eigenvalue weighted by atomic mass is 35.5. The molecule has 2 rings (SSSR count). The lowest BCUT2D eigenvalue weighted by Crippen LogP contribution is -2.47. The number of halogens is 2. The molecule has 0 saturated heterocycles. The SMILES string of the molecule is CCOC(C1CC1)C(Cc1c(Cl)cccc1Cl)NN. The topological polar surface area (TPSA) is 47.3 Å². The Hall–Kier alpha value is -0.320. The Labute approximate surface area is 124 Å². The van der Waals surface area contributed by atoms with Gasteiger partial charge in [0.25, 0.3) is 0 Å². The first-order chi connectivity index (χ1) is 9.17. The van der Waals surface area contributed by atoms with Crippen LogP contribution >= 0.6 is 23.2 Å². The molecule has 0 spiro atoms. The molecular formula is C14H20Cl2N2O. The third kappa shape index (κ3) is 3.83. The number of nitrogens with one attached hydrogen (secondary N) is 1. The lowest BCUT2D eigenvalue weighted by Gasteiger charge is -2.27. The van der Waals surface area contributed by atoms with Crippen molar-refractivity contribution in [3.05, 3.63) is 33.8 Å². The van der Waals surface area contributed by atoms with Gasteiger partial charge in [-0.25, -0.2) is 0 Å². The van der Waals surface area contributed by atoms with Crippen molar-refractivity contribution >= 4 is 23.2 Å². The van der Waals surface area contributed by atoms with Crippen LogP contribution in [0.4, 0.5) is 0 Å². The van der Waals surface area contributed by atoms with Gasteiger partial charge in [-0.15, -0.1) is 0 Å². The van der Waals surface area contributed by atoms with E-state index in [-0.39, 0.29) is 12.1 Å². The number of hydrazine groups is 1. The Morgan fingerprint density at radius 3 is 2.47 bits per heavy atom. The van der Waals surface area contributed by atoms with Crippen molar-refractivity contribution in [2.45, 2.75) is 38.3 Å². The molecule has 1 fully saturated rings. The Kier molecular flexibility index (Phi) is 5.48. The fraction of sp³-hybridized carbons (Fsp3) is 0.571. The van der Waals surface area contributed by atoms with Gasteiger partial charge in [0.1, 0.15) is 0 Å². The summed E-state index contributed by atoms with van der Waals surface area (Å²) in [7, 11) is 0. The molecule has 1 aromatic rings. The van der Waals surface area contributed by atoms with Crippen LogP contribution in [0.3, 0.4) is 0 Å². The molecule has 2 atom stereocenters. The van der Waals surface area contributed by atoms with Crippen LogP contribution < -0.4 is 11.3 Å². The first-order valence-corrected chi connectivity index (χ1v) is 7.43. The predicted octanol–water partition coefficient (Wildman–Crippen LogP) is 3.18. The molecule has 3 nitrogen and oxygen atoms in total. The Morgan fingerprint density at radius 2 is 2.00 bits per heavy atom. The van der Waals surface area contributed by atoms with Crippen LogP contribution in [0, 0.1) is 5.92 Å². The van der Waals surface area contributed by atoms with Gasteiger partial charge in [0.2, 0.25) is 0 Å². The number of hydrogen-bond donors (Lipinski definition) is 2. The monoisotopic (exact) mass is 302 g/mol. The summed E-state index contributed by atoms with van der Waals surface area (Å²) >= 11 is 12.4. The van der Waals surface area contributed by atoms with E-state index in [0.29, 0.717) is 29.0 Å². The zero-order chi connectivity index (χ0) is 13.8. The number of nitrogens with two attached hydrogens (primary N) is 1. The summed E-state index contributed by atoms with van der Waals surface area (Å²) in [6.07, 6.45) is 3.22. The maximum absolute atomic E-state index is 6.21. The number of ether oxygens (including phenoxy) is 1. The van der Waals surface area contributed by atoms with Crippen molar-refractivity contribution in [2.24, 2.45) is 11.8 Å². The molecule has 0 radical (unpaired) electrons. The number of rotatable bonds is 7. The van der Waals surface area contributed by atoms with Crippen molar-refractivity contribution in [1.82, 2.24) is 5.43 Å². The highest BCUT2D eigenvalue weighted by Crippen LogP contribution is 2.37. The average molecular weight is 303 g/mol. The molecule has 0 bridgehead atoms. The molecule has 106 valence electrons. The van der Waals surface area contributed by atoms with Gasteiger partial charge in [-0.3, -0.25) is 11.3 Å². The van der Waals surface area contributed by atoms with Crippen LogP contribution in [0.5, 0.6) is 0 Å². The van der Waals surface area contributed by atoms with Gasteiger partial charge in [-0.2, -0.15) is 0 Å². The van der Waals surface area contributed by atoms with E-state index in [1.165, 1.54) is 12.8 Å². The third-order valence-corrected chi connectivity index (χ3v) is 4.25. The minimum atomic E-state index is 0.0323. The first kappa shape index (κ1) is 15.1. The standard InChI is InChI=1S/C14H20Cl2N2O/c1-2-19-14(9-6-7-9)13(18-17)8-10-11(15)4-3-5-12(10)16/h3-5,9,13-14,18H,2,6-8,17H2,1H3. The zero-order valence-electron chi connectivity index (χ0n) is 11.0. The van der Waals surface area contributed by atoms with Gasteiger partial charge in [-0.1, -0.05) is 29.3 Å². The maximum atomic E-state index is 6.21. The quantitative estimate of drug-likeness (QED) is 0.601. The van der Waals surface area contributed by atoms with Gasteiger partial charge in [0, 0.05) is 16.7 Å². The van der Waals surface area contributed by atoms with Gasteiger partial charge < -0.3 is 4.74 Å². The average Bonchev–Trinajstić information content (AvgIpc) is 3.21. The summed E-state index contributed by atoms with van der Waals surface area (Å²) in [6.45, 7) is 2.70. The highest BCUT2D eigenvalue weighted by Gasteiger charge is 2.37. The molecule has 1 saturated carbocycles. The molecule has 0 aromatic heterocycles. The zero-order valence-corrected chi connectivity index (χ0v) is 12.5. The molecular weight excluding hydrogens is 283 g/mol. The fourth-order valence-electron chi connectivity index (χ4n) is 2.42. The van der Waals surface area contributed by atoms with E-state index in [9.17, 15) is 0 Å². The van der Waals surface area contributed by atoms with E-state index in [2.05, 4.69) is 5.43 Å². The van der Waals surface area contributed by atoms with Gasteiger partial charge in [0.05, 0.1) is 12.1 Å². The minimum Gasteiger partial charge on any atom is -0.377 e. The van der Waals surface area contributed by atoms with Crippen LogP contribution in [-0.4, -0.2) is 18.8 Å². The van der Waals surface area contributed by atoms with Gasteiger partial charge in [0.15, 0.2) is 0 Å². The van der Waals surface area contributed by atoms with Crippen molar-refractivity contribution in [3.63, 3.8) is 0 Å².